The number of nitrogens with one attached hydrogen (secondary N) is 1. The molecule has 1 rings (SSSR count). The molecule has 0 spiro atoms. The Bertz CT molecular complexity index is 546. The third-order valence-electron chi connectivity index (χ3n) is 3.38. The second kappa shape index (κ2) is 7.48. The first-order valence-electron chi connectivity index (χ1n) is 6.54. The SMILES string of the molecule is CCC(CC)(NC(=O)C=Cc1c(Cl)cccc1Cl)C(=O)O. The third-order valence-corrected chi connectivity index (χ3v) is 4.04. The molecule has 114 valence electrons. The molecule has 1 amide bonds. The molecular weight excluding hydrogens is 313 g/mol. The maximum atomic E-state index is 11.9. The summed E-state index contributed by atoms with van der Waals surface area (Å²) < 4.78 is 0. The van der Waals surface area contributed by atoms with Crippen LogP contribution in [0.25, 0.3) is 6.08 Å². The largest absolute Gasteiger partial charge is 0.480 e. The van der Waals surface area contributed by atoms with E-state index in [-0.39, 0.29) is 0 Å². The van der Waals surface area contributed by atoms with Crippen molar-refractivity contribution in [2.75, 3.05) is 0 Å². The van der Waals surface area contributed by atoms with Crippen molar-refractivity contribution in [1.82, 2.24) is 5.32 Å². The summed E-state index contributed by atoms with van der Waals surface area (Å²) in [6, 6.07) is 5.01. The topological polar surface area (TPSA) is 66.4 Å². The summed E-state index contributed by atoms with van der Waals surface area (Å²) in [5.41, 5.74) is -0.740. The fourth-order valence-corrected chi connectivity index (χ4v) is 2.41. The van der Waals surface area contributed by atoms with Crippen LogP contribution in [0.1, 0.15) is 32.3 Å². The van der Waals surface area contributed by atoms with Crippen LogP contribution in [-0.4, -0.2) is 22.5 Å². The molecule has 0 aliphatic heterocycles. The molecule has 0 heterocycles. The molecule has 0 radical (unpaired) electrons. The molecule has 2 N–H and O–H groups in total. The highest BCUT2D eigenvalue weighted by atomic mass is 35.5. The van der Waals surface area contributed by atoms with Crippen LogP contribution in [0.2, 0.25) is 10.0 Å². The number of hydrogen-bond donors (Lipinski definition) is 2. The lowest BCUT2D eigenvalue weighted by atomic mass is 9.93. The monoisotopic (exact) mass is 329 g/mol. The van der Waals surface area contributed by atoms with Gasteiger partial charge in [-0.05, 0) is 31.1 Å². The molecule has 6 heteroatoms. The zero-order valence-corrected chi connectivity index (χ0v) is 13.3. The summed E-state index contributed by atoms with van der Waals surface area (Å²) in [5.74, 6) is -1.55. The highest BCUT2D eigenvalue weighted by Crippen LogP contribution is 2.25. The molecule has 0 saturated carbocycles. The minimum atomic E-state index is -1.26. The van der Waals surface area contributed by atoms with Gasteiger partial charge in [-0.2, -0.15) is 0 Å². The number of carboxylic acid groups (broad SMARTS) is 1. The van der Waals surface area contributed by atoms with E-state index in [2.05, 4.69) is 5.32 Å². The quantitative estimate of drug-likeness (QED) is 0.781. The van der Waals surface area contributed by atoms with E-state index in [4.69, 9.17) is 23.2 Å². The Morgan fingerprint density at radius 1 is 1.24 bits per heavy atom. The van der Waals surface area contributed by atoms with Gasteiger partial charge in [0, 0.05) is 21.7 Å². The summed E-state index contributed by atoms with van der Waals surface area (Å²) in [6.45, 7) is 3.43. The average molecular weight is 330 g/mol. The van der Waals surface area contributed by atoms with Crippen molar-refractivity contribution >= 4 is 41.2 Å². The average Bonchev–Trinajstić information content (AvgIpc) is 2.44. The number of amides is 1. The van der Waals surface area contributed by atoms with Crippen molar-refractivity contribution in [2.24, 2.45) is 0 Å². The lowest BCUT2D eigenvalue weighted by molar-refractivity contribution is -0.147. The Labute approximate surface area is 133 Å². The zero-order valence-electron chi connectivity index (χ0n) is 11.8. The number of carbonyl (C=O) groups is 2. The van der Waals surface area contributed by atoms with Crippen molar-refractivity contribution in [3.8, 4) is 0 Å². The fourth-order valence-electron chi connectivity index (χ4n) is 1.89. The molecule has 0 bridgehead atoms. The van der Waals surface area contributed by atoms with E-state index in [0.29, 0.717) is 28.5 Å². The fraction of sp³-hybridized carbons (Fsp3) is 0.333. The summed E-state index contributed by atoms with van der Waals surface area (Å²) in [7, 11) is 0. The summed E-state index contributed by atoms with van der Waals surface area (Å²) in [5, 5.41) is 12.6. The molecule has 1 aromatic rings. The van der Waals surface area contributed by atoms with Crippen LogP contribution in [0.4, 0.5) is 0 Å². The van der Waals surface area contributed by atoms with Gasteiger partial charge >= 0.3 is 5.97 Å². The smallest absolute Gasteiger partial charge is 0.329 e. The molecule has 0 aliphatic rings. The first-order chi connectivity index (χ1) is 9.86. The molecule has 1 aromatic carbocycles. The van der Waals surface area contributed by atoms with Gasteiger partial charge in [0.1, 0.15) is 5.54 Å². The van der Waals surface area contributed by atoms with Crippen LogP contribution >= 0.6 is 23.2 Å². The highest BCUT2D eigenvalue weighted by molar-refractivity contribution is 6.37. The molecule has 4 nitrogen and oxygen atoms in total. The van der Waals surface area contributed by atoms with Crippen molar-refractivity contribution in [2.45, 2.75) is 32.2 Å². The van der Waals surface area contributed by atoms with Crippen molar-refractivity contribution in [3.63, 3.8) is 0 Å². The van der Waals surface area contributed by atoms with Gasteiger partial charge in [0.15, 0.2) is 0 Å². The van der Waals surface area contributed by atoms with Gasteiger partial charge in [-0.15, -0.1) is 0 Å². The van der Waals surface area contributed by atoms with Crippen LogP contribution in [0.3, 0.4) is 0 Å². The number of halogens is 2. The van der Waals surface area contributed by atoms with Crippen molar-refractivity contribution in [3.05, 3.63) is 39.9 Å². The Morgan fingerprint density at radius 2 is 1.76 bits per heavy atom. The molecule has 21 heavy (non-hydrogen) atoms. The maximum absolute atomic E-state index is 11.9. The van der Waals surface area contributed by atoms with Crippen molar-refractivity contribution in [1.29, 1.82) is 0 Å². The molecule has 0 aliphatic carbocycles. The van der Waals surface area contributed by atoms with Gasteiger partial charge in [-0.1, -0.05) is 43.1 Å². The Kier molecular flexibility index (Phi) is 6.24. The Morgan fingerprint density at radius 3 is 2.19 bits per heavy atom. The standard InChI is InChI=1S/C15H17Cl2NO3/c1-3-15(4-2,14(20)21)18-13(19)9-8-10-11(16)6-5-7-12(10)17/h5-9H,3-4H2,1-2H3,(H,18,19)(H,20,21). The minimum Gasteiger partial charge on any atom is -0.480 e. The molecule has 0 saturated heterocycles. The Balaban J connectivity index is 2.91. The predicted octanol–water partition coefficient (Wildman–Crippen LogP) is 3.77. The van der Waals surface area contributed by atoms with E-state index in [1.165, 1.54) is 12.2 Å². The van der Waals surface area contributed by atoms with Gasteiger partial charge in [0.25, 0.3) is 0 Å². The van der Waals surface area contributed by atoms with E-state index in [9.17, 15) is 14.7 Å². The minimum absolute atomic E-state index is 0.297. The zero-order chi connectivity index (χ0) is 16.0. The molecule has 0 atom stereocenters. The van der Waals surface area contributed by atoms with E-state index in [1.54, 1.807) is 32.0 Å². The van der Waals surface area contributed by atoms with Crippen molar-refractivity contribution < 1.29 is 14.7 Å². The maximum Gasteiger partial charge on any atom is 0.329 e. The number of carboxylic acids is 1. The van der Waals surface area contributed by atoms with E-state index in [1.807, 2.05) is 0 Å². The summed E-state index contributed by atoms with van der Waals surface area (Å²) in [4.78, 5) is 23.2. The molecular formula is C15H17Cl2NO3. The first kappa shape index (κ1) is 17.5. The van der Waals surface area contributed by atoms with Crippen LogP contribution in [0, 0.1) is 0 Å². The number of rotatable bonds is 6. The van der Waals surface area contributed by atoms with E-state index < -0.39 is 17.4 Å². The van der Waals surface area contributed by atoms with Crippen LogP contribution < -0.4 is 5.32 Å². The van der Waals surface area contributed by atoms with Gasteiger partial charge < -0.3 is 10.4 Å². The van der Waals surface area contributed by atoms with Gasteiger partial charge in [0.2, 0.25) is 5.91 Å². The number of aliphatic carboxylic acids is 1. The summed E-state index contributed by atoms with van der Waals surface area (Å²) in [6.07, 6.45) is 3.30. The first-order valence-corrected chi connectivity index (χ1v) is 7.29. The molecule has 0 aromatic heterocycles. The Hall–Kier alpha value is -1.52. The summed E-state index contributed by atoms with van der Waals surface area (Å²) >= 11 is 12.0. The van der Waals surface area contributed by atoms with Gasteiger partial charge in [0.05, 0.1) is 0 Å². The lowest BCUT2D eigenvalue weighted by Gasteiger charge is -2.27. The number of carbonyl (C=O) groups excluding carboxylic acids is 1. The van der Waals surface area contributed by atoms with E-state index >= 15 is 0 Å². The van der Waals surface area contributed by atoms with Crippen LogP contribution in [0.5, 0.6) is 0 Å². The molecule has 0 fully saturated rings. The van der Waals surface area contributed by atoms with Gasteiger partial charge in [-0.25, -0.2) is 4.79 Å². The molecule has 0 unspecified atom stereocenters. The normalized spacial score (nSPS) is 11.6. The van der Waals surface area contributed by atoms with Crippen LogP contribution in [-0.2, 0) is 9.59 Å². The second-order valence-corrected chi connectivity index (χ2v) is 5.37. The van der Waals surface area contributed by atoms with E-state index in [0.717, 1.165) is 0 Å². The predicted molar refractivity (Wildman–Crippen MR) is 84.6 cm³/mol. The number of hydrogen-bond acceptors (Lipinski definition) is 2. The van der Waals surface area contributed by atoms with Gasteiger partial charge in [-0.3, -0.25) is 4.79 Å². The lowest BCUT2D eigenvalue weighted by Crippen LogP contribution is -2.53. The second-order valence-electron chi connectivity index (χ2n) is 4.55. The van der Waals surface area contributed by atoms with Crippen LogP contribution in [0.15, 0.2) is 24.3 Å². The number of benzene rings is 1. The highest BCUT2D eigenvalue weighted by Gasteiger charge is 2.35. The third kappa shape index (κ3) is 4.22.